The average Bonchev–Trinajstić information content (AvgIpc) is 2.80. The summed E-state index contributed by atoms with van der Waals surface area (Å²) in [6.45, 7) is 0.209. The van der Waals surface area contributed by atoms with Crippen LogP contribution in [0.4, 0.5) is 24.8 Å². The lowest BCUT2D eigenvalue weighted by molar-refractivity contribution is -0.137. The van der Waals surface area contributed by atoms with E-state index in [1.54, 1.807) is 18.5 Å². The van der Waals surface area contributed by atoms with Crippen molar-refractivity contribution in [1.29, 1.82) is 0 Å². The molecule has 2 aromatic heterocycles. The van der Waals surface area contributed by atoms with Gasteiger partial charge < -0.3 is 16.4 Å². The first kappa shape index (κ1) is 23.3. The Morgan fingerprint density at radius 1 is 1.00 bits per heavy atom. The van der Waals surface area contributed by atoms with Crippen LogP contribution in [0.5, 0.6) is 0 Å². The third kappa shape index (κ3) is 6.15. The van der Waals surface area contributed by atoms with E-state index in [1.165, 1.54) is 6.07 Å². The number of alkyl halides is 3. The van der Waals surface area contributed by atoms with Crippen molar-refractivity contribution in [2.75, 3.05) is 10.6 Å². The van der Waals surface area contributed by atoms with Crippen molar-refractivity contribution >= 4 is 23.2 Å². The molecule has 1 aromatic carbocycles. The van der Waals surface area contributed by atoms with Crippen LogP contribution in [0, 0.1) is 0 Å². The van der Waals surface area contributed by atoms with Crippen LogP contribution in [0.2, 0.25) is 5.02 Å². The molecule has 0 atom stereocenters. The Balaban J connectivity index is 1.47. The molecule has 3 aromatic rings. The highest BCUT2D eigenvalue weighted by Gasteiger charge is 2.30. The highest BCUT2D eigenvalue weighted by molar-refractivity contribution is 6.33. The number of nitrogens with one attached hydrogen (secondary N) is 2. The number of hydrogen-bond donors (Lipinski definition) is 3. The van der Waals surface area contributed by atoms with E-state index in [4.69, 9.17) is 17.3 Å². The zero-order chi connectivity index (χ0) is 23.4. The minimum Gasteiger partial charge on any atom is -0.367 e. The molecule has 0 amide bonds. The van der Waals surface area contributed by atoms with Crippen molar-refractivity contribution in [3.8, 4) is 11.1 Å². The molecule has 2 heterocycles. The van der Waals surface area contributed by atoms with Gasteiger partial charge in [0.25, 0.3) is 0 Å². The summed E-state index contributed by atoms with van der Waals surface area (Å²) in [6, 6.07) is 11.4. The summed E-state index contributed by atoms with van der Waals surface area (Å²) in [7, 11) is 0. The molecular weight excluding hydrogens is 451 g/mol. The Hall–Kier alpha value is -2.84. The average molecular weight is 476 g/mol. The Bertz CT molecular complexity index is 1100. The third-order valence-electron chi connectivity index (χ3n) is 5.78. The maximum Gasteiger partial charge on any atom is 0.416 e. The summed E-state index contributed by atoms with van der Waals surface area (Å²) in [5, 5.41) is 7.06. The Labute approximate surface area is 195 Å². The quantitative estimate of drug-likeness (QED) is 0.401. The van der Waals surface area contributed by atoms with Gasteiger partial charge in [-0.2, -0.15) is 13.2 Å². The standard InChI is InChI=1S/C24H25ClF3N5/c25-21-14-32-23(33-19-6-4-18(29)5-7-19)12-20(21)16-8-9-30-22(11-16)31-13-15-2-1-3-17(10-15)24(26,27)28/h1-3,8-12,14,18-19H,4-7,13,29H2,(H,30,31)(H,32,33). The van der Waals surface area contributed by atoms with Crippen LogP contribution in [0.1, 0.15) is 36.8 Å². The number of benzene rings is 1. The third-order valence-corrected chi connectivity index (χ3v) is 6.08. The summed E-state index contributed by atoms with van der Waals surface area (Å²) in [6.07, 6.45) is 2.86. The number of aromatic nitrogens is 2. The summed E-state index contributed by atoms with van der Waals surface area (Å²) in [5.74, 6) is 1.28. The van der Waals surface area contributed by atoms with Gasteiger partial charge in [0, 0.05) is 36.6 Å². The fourth-order valence-corrected chi connectivity index (χ4v) is 4.17. The second-order valence-corrected chi connectivity index (χ2v) is 8.69. The van der Waals surface area contributed by atoms with Crippen molar-refractivity contribution < 1.29 is 13.2 Å². The normalized spacial score (nSPS) is 18.7. The van der Waals surface area contributed by atoms with Gasteiger partial charge in [0.1, 0.15) is 11.6 Å². The molecule has 174 valence electrons. The molecule has 0 radical (unpaired) electrons. The molecule has 0 spiro atoms. The summed E-state index contributed by atoms with van der Waals surface area (Å²) < 4.78 is 38.8. The van der Waals surface area contributed by atoms with Gasteiger partial charge in [0.05, 0.1) is 10.6 Å². The van der Waals surface area contributed by atoms with Crippen molar-refractivity contribution in [2.24, 2.45) is 5.73 Å². The largest absolute Gasteiger partial charge is 0.416 e. The molecule has 1 aliphatic carbocycles. The first-order valence-corrected chi connectivity index (χ1v) is 11.2. The van der Waals surface area contributed by atoms with E-state index in [9.17, 15) is 13.2 Å². The number of pyridine rings is 2. The van der Waals surface area contributed by atoms with E-state index in [0.29, 0.717) is 22.4 Å². The predicted molar refractivity (Wildman–Crippen MR) is 125 cm³/mol. The van der Waals surface area contributed by atoms with Crippen LogP contribution in [-0.4, -0.2) is 22.1 Å². The maximum atomic E-state index is 12.9. The maximum absolute atomic E-state index is 12.9. The lowest BCUT2D eigenvalue weighted by Crippen LogP contribution is -2.33. The van der Waals surface area contributed by atoms with Crippen LogP contribution in [0.25, 0.3) is 11.1 Å². The number of nitrogens with zero attached hydrogens (tertiary/aromatic N) is 2. The molecule has 0 saturated heterocycles. The van der Waals surface area contributed by atoms with E-state index in [1.807, 2.05) is 18.2 Å². The second-order valence-electron chi connectivity index (χ2n) is 8.29. The lowest BCUT2D eigenvalue weighted by atomic mass is 9.92. The lowest BCUT2D eigenvalue weighted by Gasteiger charge is -2.27. The Morgan fingerprint density at radius 3 is 2.55 bits per heavy atom. The molecular formula is C24H25ClF3N5. The van der Waals surface area contributed by atoms with E-state index in [0.717, 1.165) is 54.8 Å². The van der Waals surface area contributed by atoms with Gasteiger partial charge in [-0.25, -0.2) is 9.97 Å². The Kier molecular flexibility index (Phi) is 7.05. The minimum absolute atomic E-state index is 0.209. The highest BCUT2D eigenvalue weighted by atomic mass is 35.5. The molecule has 1 fully saturated rings. The van der Waals surface area contributed by atoms with E-state index < -0.39 is 11.7 Å². The first-order valence-electron chi connectivity index (χ1n) is 10.8. The molecule has 33 heavy (non-hydrogen) atoms. The van der Waals surface area contributed by atoms with Gasteiger partial charge in [-0.05, 0) is 67.1 Å². The van der Waals surface area contributed by atoms with Gasteiger partial charge in [-0.15, -0.1) is 0 Å². The fraction of sp³-hybridized carbons (Fsp3) is 0.333. The van der Waals surface area contributed by atoms with E-state index in [2.05, 4.69) is 20.6 Å². The van der Waals surface area contributed by atoms with Crippen molar-refractivity contribution in [1.82, 2.24) is 9.97 Å². The molecule has 0 bridgehead atoms. The number of rotatable bonds is 6. The van der Waals surface area contributed by atoms with Gasteiger partial charge in [0.15, 0.2) is 0 Å². The molecule has 9 heteroatoms. The van der Waals surface area contributed by atoms with Crippen LogP contribution < -0.4 is 16.4 Å². The smallest absolute Gasteiger partial charge is 0.367 e. The molecule has 5 nitrogen and oxygen atoms in total. The predicted octanol–water partition coefficient (Wildman–Crippen LogP) is 6.11. The van der Waals surface area contributed by atoms with Crippen LogP contribution in [0.3, 0.4) is 0 Å². The number of hydrogen-bond acceptors (Lipinski definition) is 5. The van der Waals surface area contributed by atoms with Crippen molar-refractivity contribution in [3.05, 3.63) is 71.0 Å². The molecule has 1 aliphatic rings. The summed E-state index contributed by atoms with van der Waals surface area (Å²) in [4.78, 5) is 8.69. The van der Waals surface area contributed by atoms with Crippen molar-refractivity contribution in [2.45, 2.75) is 50.5 Å². The minimum atomic E-state index is -4.37. The van der Waals surface area contributed by atoms with Crippen molar-refractivity contribution in [3.63, 3.8) is 0 Å². The Morgan fingerprint density at radius 2 is 1.79 bits per heavy atom. The zero-order valence-corrected chi connectivity index (χ0v) is 18.6. The topological polar surface area (TPSA) is 75.9 Å². The van der Waals surface area contributed by atoms with Crippen LogP contribution >= 0.6 is 11.6 Å². The highest BCUT2D eigenvalue weighted by Crippen LogP contribution is 2.32. The first-order chi connectivity index (χ1) is 15.8. The summed E-state index contributed by atoms with van der Waals surface area (Å²) >= 11 is 6.42. The van der Waals surface area contributed by atoms with E-state index >= 15 is 0 Å². The van der Waals surface area contributed by atoms with Gasteiger partial charge >= 0.3 is 6.18 Å². The second kappa shape index (κ2) is 9.97. The number of anilines is 2. The van der Waals surface area contributed by atoms with Gasteiger partial charge in [-0.3, -0.25) is 0 Å². The van der Waals surface area contributed by atoms with Crippen LogP contribution in [-0.2, 0) is 12.7 Å². The molecule has 4 N–H and O–H groups in total. The SMILES string of the molecule is NC1CCC(Nc2cc(-c3ccnc(NCc4cccc(C(F)(F)F)c4)c3)c(Cl)cn2)CC1. The number of halogens is 4. The van der Waals surface area contributed by atoms with Gasteiger partial charge in [0.2, 0.25) is 0 Å². The molecule has 4 rings (SSSR count). The fourth-order valence-electron chi connectivity index (χ4n) is 3.96. The number of nitrogens with two attached hydrogens (primary N) is 1. The molecule has 1 saturated carbocycles. The van der Waals surface area contributed by atoms with Crippen LogP contribution in [0.15, 0.2) is 54.9 Å². The van der Waals surface area contributed by atoms with Gasteiger partial charge in [-0.1, -0.05) is 23.7 Å². The molecule has 0 aliphatic heterocycles. The van der Waals surface area contributed by atoms with E-state index in [-0.39, 0.29) is 12.6 Å². The molecule has 0 unspecified atom stereocenters. The monoisotopic (exact) mass is 475 g/mol. The zero-order valence-electron chi connectivity index (χ0n) is 17.9. The summed E-state index contributed by atoms with van der Waals surface area (Å²) in [5.41, 5.74) is 7.46.